The summed E-state index contributed by atoms with van der Waals surface area (Å²) in [5.74, 6) is -1.20. The Hall–Kier alpha value is -3.40. The second kappa shape index (κ2) is 49.2. The number of alkyl carbamates (subject to hydrolysis) is 1. The summed E-state index contributed by atoms with van der Waals surface area (Å²) in [4.78, 5) is 54.2. The number of carbonyl (C=O) groups excluding carboxylic acids is 4. The molecular formula is C60H106N2O8. The van der Waals surface area contributed by atoms with E-state index in [2.05, 4.69) is 86.6 Å². The Morgan fingerprint density at radius 3 is 1.39 bits per heavy atom. The molecule has 0 aromatic heterocycles. The van der Waals surface area contributed by atoms with E-state index < -0.39 is 24.3 Å². The van der Waals surface area contributed by atoms with Crippen molar-refractivity contribution in [1.82, 2.24) is 10.2 Å². The maximum Gasteiger partial charge on any atom is 0.407 e. The normalized spacial score (nSPS) is 14.7. The highest BCUT2D eigenvalue weighted by Gasteiger charge is 2.24. The van der Waals surface area contributed by atoms with Crippen molar-refractivity contribution in [3.05, 3.63) is 48.6 Å². The van der Waals surface area contributed by atoms with Crippen LogP contribution in [-0.4, -0.2) is 80.5 Å². The molecule has 0 saturated carbocycles. The minimum absolute atomic E-state index is 0.0245. The molecule has 0 aromatic rings. The van der Waals surface area contributed by atoms with E-state index in [0.29, 0.717) is 25.4 Å². The molecule has 1 fully saturated rings. The third-order valence-electron chi connectivity index (χ3n) is 13.3. The number of carbonyl (C=O) groups is 4. The van der Waals surface area contributed by atoms with Crippen molar-refractivity contribution in [3.8, 4) is 0 Å². The smallest absolute Gasteiger partial charge is 0.407 e. The van der Waals surface area contributed by atoms with Crippen molar-refractivity contribution in [2.45, 2.75) is 277 Å². The van der Waals surface area contributed by atoms with Gasteiger partial charge in [0.1, 0.15) is 19.3 Å². The van der Waals surface area contributed by atoms with E-state index in [0.717, 1.165) is 129 Å². The van der Waals surface area contributed by atoms with Gasteiger partial charge in [0.05, 0.1) is 0 Å². The first-order chi connectivity index (χ1) is 34.3. The first-order valence-electron chi connectivity index (χ1n) is 29.0. The number of nitrogens with zero attached hydrogens (tertiary/aromatic N) is 1. The van der Waals surface area contributed by atoms with Crippen LogP contribution in [0.5, 0.6) is 0 Å². The lowest BCUT2D eigenvalue weighted by Gasteiger charge is -2.22. The average molecular weight is 984 g/mol. The van der Waals surface area contributed by atoms with Crippen LogP contribution in [0.4, 0.5) is 4.79 Å². The number of hydrogen-bond donors (Lipinski definition) is 1. The molecule has 70 heavy (non-hydrogen) atoms. The van der Waals surface area contributed by atoms with E-state index in [4.69, 9.17) is 18.9 Å². The monoisotopic (exact) mass is 983 g/mol. The lowest BCUT2D eigenvalue weighted by atomic mass is 10.0. The fraction of sp³-hybridized carbons (Fsp3) is 0.800. The minimum atomic E-state index is -0.923. The van der Waals surface area contributed by atoms with Crippen molar-refractivity contribution in [2.24, 2.45) is 0 Å². The Morgan fingerprint density at radius 2 is 0.914 bits per heavy atom. The molecule has 1 aliphatic rings. The molecule has 0 aromatic carbocycles. The van der Waals surface area contributed by atoms with Crippen molar-refractivity contribution in [3.63, 3.8) is 0 Å². The Balaban J connectivity index is 2.62. The van der Waals surface area contributed by atoms with Crippen LogP contribution in [0.1, 0.15) is 258 Å². The highest BCUT2D eigenvalue weighted by molar-refractivity contribution is 5.71. The average Bonchev–Trinajstić information content (AvgIpc) is 3.77. The van der Waals surface area contributed by atoms with Crippen molar-refractivity contribution >= 4 is 24.0 Å². The first kappa shape index (κ1) is 64.6. The number of likely N-dealkylation sites (tertiary alicyclic amines) is 1. The van der Waals surface area contributed by atoms with Gasteiger partial charge in [-0.2, -0.15) is 0 Å². The van der Waals surface area contributed by atoms with E-state index in [9.17, 15) is 19.2 Å². The zero-order chi connectivity index (χ0) is 50.8. The number of rotatable bonds is 48. The summed E-state index contributed by atoms with van der Waals surface area (Å²) in [6.07, 6.45) is 53.6. The van der Waals surface area contributed by atoms with Crippen LogP contribution in [0.2, 0.25) is 0 Å². The van der Waals surface area contributed by atoms with E-state index in [1.54, 1.807) is 0 Å². The van der Waals surface area contributed by atoms with Gasteiger partial charge in [-0.15, -0.1) is 0 Å². The number of ether oxygens (including phenoxy) is 4. The van der Waals surface area contributed by atoms with Gasteiger partial charge in [-0.05, 0) is 123 Å². The Morgan fingerprint density at radius 1 is 0.486 bits per heavy atom. The summed E-state index contributed by atoms with van der Waals surface area (Å²) in [5.41, 5.74) is 0. The standard InChI is InChI=1S/C60H106N2O8/c1-5-8-11-14-17-20-22-24-26-28-30-32-35-38-41-46-57(63)67-52-56(53-68-58(64)47-42-39-36-33-31-29-27-25-23-21-18-15-12-9-6-2)69-59(65)49-48-55(45-40-37-34-19-16-13-10-7-3)70-60(66)61-51-54-44-43-50-62(54)4/h17-18,20-21,24-27,54-56H,5-16,19,22-23,28-53H2,1-4H3,(H,61,66)/b20-17-,21-18-,26-24-,27-25-. The number of nitrogens with one attached hydrogen (secondary N) is 1. The Kier molecular flexibility index (Phi) is 45.4. The molecule has 404 valence electrons. The molecular weight excluding hydrogens is 877 g/mol. The summed E-state index contributed by atoms with van der Waals surface area (Å²) in [6.45, 7) is 7.88. The lowest BCUT2D eigenvalue weighted by molar-refractivity contribution is -0.167. The van der Waals surface area contributed by atoms with Crippen molar-refractivity contribution < 1.29 is 38.1 Å². The summed E-state index contributed by atoms with van der Waals surface area (Å²) < 4.78 is 22.9. The lowest BCUT2D eigenvalue weighted by Crippen LogP contribution is -2.39. The van der Waals surface area contributed by atoms with Gasteiger partial charge in [0.15, 0.2) is 6.10 Å². The van der Waals surface area contributed by atoms with Crippen LogP contribution in [0, 0.1) is 0 Å². The molecule has 10 nitrogen and oxygen atoms in total. The van der Waals surface area contributed by atoms with Crippen LogP contribution in [0.15, 0.2) is 48.6 Å². The summed E-state index contributed by atoms with van der Waals surface area (Å²) in [7, 11) is 2.08. The second-order valence-corrected chi connectivity index (χ2v) is 19.9. The first-order valence-corrected chi connectivity index (χ1v) is 29.0. The van der Waals surface area contributed by atoms with Crippen LogP contribution in [-0.2, 0) is 33.3 Å². The highest BCUT2D eigenvalue weighted by Crippen LogP contribution is 2.18. The van der Waals surface area contributed by atoms with E-state index >= 15 is 0 Å². The topological polar surface area (TPSA) is 120 Å². The molecule has 1 aliphatic heterocycles. The maximum atomic E-state index is 13.3. The highest BCUT2D eigenvalue weighted by atomic mass is 16.6. The van der Waals surface area contributed by atoms with Gasteiger partial charge < -0.3 is 29.2 Å². The molecule has 0 aliphatic carbocycles. The summed E-state index contributed by atoms with van der Waals surface area (Å²) in [6, 6.07) is 0.300. The van der Waals surface area contributed by atoms with Crippen LogP contribution >= 0.6 is 0 Å². The quantitative estimate of drug-likeness (QED) is 0.0275. The number of hydrogen-bond acceptors (Lipinski definition) is 9. The maximum absolute atomic E-state index is 13.3. The van der Waals surface area contributed by atoms with Gasteiger partial charge in [0, 0.05) is 31.8 Å². The fourth-order valence-electron chi connectivity index (χ4n) is 8.72. The molecule has 0 spiro atoms. The van der Waals surface area contributed by atoms with Crippen molar-refractivity contribution in [2.75, 3.05) is 33.4 Å². The number of amides is 1. The molecule has 1 saturated heterocycles. The Bertz CT molecular complexity index is 1320. The van der Waals surface area contributed by atoms with Gasteiger partial charge in [0.2, 0.25) is 0 Å². The zero-order valence-corrected chi connectivity index (χ0v) is 45.6. The molecule has 2 unspecified atom stereocenters. The van der Waals surface area contributed by atoms with Gasteiger partial charge >= 0.3 is 24.0 Å². The van der Waals surface area contributed by atoms with E-state index in [-0.39, 0.29) is 44.4 Å². The zero-order valence-electron chi connectivity index (χ0n) is 45.6. The SMILES string of the molecule is CCCCC/C=C\C/C=C\CCCCCCCC(=O)OCC(COC(=O)CCCCCCC/C=C\C/C=C\CCCCC)OC(=O)CCC(CCCCCCCCCC)OC(=O)NCC1CCCN1C. The number of esters is 3. The number of allylic oxidation sites excluding steroid dienone is 8. The van der Waals surface area contributed by atoms with Crippen LogP contribution < -0.4 is 5.32 Å². The van der Waals surface area contributed by atoms with Crippen molar-refractivity contribution in [1.29, 1.82) is 0 Å². The largest absolute Gasteiger partial charge is 0.462 e. The van der Waals surface area contributed by atoms with Crippen LogP contribution in [0.25, 0.3) is 0 Å². The molecule has 1 N–H and O–H groups in total. The molecule has 2 atom stereocenters. The van der Waals surface area contributed by atoms with Crippen LogP contribution in [0.3, 0.4) is 0 Å². The molecule has 1 rings (SSSR count). The number of unbranched alkanes of at least 4 members (excludes halogenated alkanes) is 23. The van der Waals surface area contributed by atoms with Gasteiger partial charge in [0.25, 0.3) is 0 Å². The fourth-order valence-corrected chi connectivity index (χ4v) is 8.72. The number of likely N-dealkylation sites (N-methyl/N-ethyl adjacent to an activating group) is 1. The van der Waals surface area contributed by atoms with Gasteiger partial charge in [-0.1, -0.05) is 179 Å². The molecule has 0 bridgehead atoms. The minimum Gasteiger partial charge on any atom is -0.462 e. The summed E-state index contributed by atoms with van der Waals surface area (Å²) in [5, 5.41) is 2.95. The van der Waals surface area contributed by atoms with E-state index in [1.165, 1.54) is 83.5 Å². The second-order valence-electron chi connectivity index (χ2n) is 19.9. The molecule has 1 amide bonds. The third kappa shape index (κ3) is 42.3. The summed E-state index contributed by atoms with van der Waals surface area (Å²) >= 11 is 0. The Labute approximate surface area is 429 Å². The molecule has 10 heteroatoms. The predicted molar refractivity (Wildman–Crippen MR) is 291 cm³/mol. The molecule has 0 radical (unpaired) electrons. The van der Waals surface area contributed by atoms with E-state index in [1.807, 2.05) is 0 Å². The van der Waals surface area contributed by atoms with Gasteiger partial charge in [-0.3, -0.25) is 14.4 Å². The third-order valence-corrected chi connectivity index (χ3v) is 13.3. The molecule has 1 heterocycles. The predicted octanol–water partition coefficient (Wildman–Crippen LogP) is 16.1. The van der Waals surface area contributed by atoms with Gasteiger partial charge in [-0.25, -0.2) is 4.79 Å².